The van der Waals surface area contributed by atoms with E-state index in [1.807, 2.05) is 24.3 Å². The molecule has 0 radical (unpaired) electrons. The molecular weight excluding hydrogens is 343 g/mol. The van der Waals surface area contributed by atoms with Crippen molar-refractivity contribution in [3.63, 3.8) is 0 Å². The molecule has 0 N–H and O–H groups in total. The van der Waals surface area contributed by atoms with Gasteiger partial charge in [-0.1, -0.05) is 93.3 Å². The summed E-state index contributed by atoms with van der Waals surface area (Å²) in [5.74, 6) is 0.551. The molecule has 3 aromatic rings. The van der Waals surface area contributed by atoms with E-state index in [0.717, 1.165) is 29.5 Å². The molecule has 144 valence electrons. The Morgan fingerprint density at radius 3 is 2.04 bits per heavy atom. The number of hydrogen-bond acceptors (Lipinski definition) is 0. The SMILES string of the molecule is CCCc1ccc(-c2ccc(-c3ccc(C4CCCCC4)cc3)cc2F)cc1. The van der Waals surface area contributed by atoms with Crippen molar-refractivity contribution in [2.24, 2.45) is 0 Å². The van der Waals surface area contributed by atoms with E-state index in [1.54, 1.807) is 6.07 Å². The van der Waals surface area contributed by atoms with Crippen molar-refractivity contribution < 1.29 is 4.39 Å². The van der Waals surface area contributed by atoms with Crippen molar-refractivity contribution >= 4 is 0 Å². The van der Waals surface area contributed by atoms with Crippen molar-refractivity contribution in [2.45, 2.75) is 57.8 Å². The van der Waals surface area contributed by atoms with Crippen molar-refractivity contribution in [2.75, 3.05) is 0 Å². The van der Waals surface area contributed by atoms with E-state index in [0.29, 0.717) is 11.5 Å². The van der Waals surface area contributed by atoms with Crippen LogP contribution in [0.15, 0.2) is 66.7 Å². The van der Waals surface area contributed by atoms with Crippen LogP contribution in [0, 0.1) is 5.82 Å². The number of hydrogen-bond donors (Lipinski definition) is 0. The second kappa shape index (κ2) is 8.73. The molecule has 0 unspecified atom stereocenters. The smallest absolute Gasteiger partial charge is 0.131 e. The Morgan fingerprint density at radius 1 is 0.750 bits per heavy atom. The molecule has 1 saturated carbocycles. The molecule has 0 bridgehead atoms. The highest BCUT2D eigenvalue weighted by Crippen LogP contribution is 2.34. The number of halogens is 1. The maximum absolute atomic E-state index is 14.8. The van der Waals surface area contributed by atoms with Gasteiger partial charge in [0.25, 0.3) is 0 Å². The van der Waals surface area contributed by atoms with E-state index in [4.69, 9.17) is 0 Å². The molecule has 3 aromatic carbocycles. The molecule has 0 aliphatic heterocycles. The summed E-state index contributed by atoms with van der Waals surface area (Å²) in [6, 6.07) is 22.7. The van der Waals surface area contributed by atoms with Crippen LogP contribution in [-0.4, -0.2) is 0 Å². The predicted octanol–water partition coefficient (Wildman–Crippen LogP) is 8.16. The van der Waals surface area contributed by atoms with Gasteiger partial charge in [0, 0.05) is 5.56 Å². The second-order valence-corrected chi connectivity index (χ2v) is 8.10. The lowest BCUT2D eigenvalue weighted by atomic mass is 9.83. The molecule has 4 rings (SSSR count). The molecule has 1 aliphatic carbocycles. The Hall–Kier alpha value is -2.41. The third-order valence-electron chi connectivity index (χ3n) is 6.09. The van der Waals surface area contributed by atoms with E-state index in [1.165, 1.54) is 43.2 Å². The van der Waals surface area contributed by atoms with E-state index in [2.05, 4.69) is 43.3 Å². The van der Waals surface area contributed by atoms with Crippen LogP contribution in [0.2, 0.25) is 0 Å². The summed E-state index contributed by atoms with van der Waals surface area (Å²) in [6.45, 7) is 2.17. The first kappa shape index (κ1) is 18.9. The van der Waals surface area contributed by atoms with Crippen LogP contribution < -0.4 is 0 Å². The minimum absolute atomic E-state index is 0.155. The van der Waals surface area contributed by atoms with E-state index < -0.39 is 0 Å². The van der Waals surface area contributed by atoms with Crippen LogP contribution in [0.5, 0.6) is 0 Å². The first-order valence-corrected chi connectivity index (χ1v) is 10.7. The summed E-state index contributed by atoms with van der Waals surface area (Å²) < 4.78 is 14.8. The highest BCUT2D eigenvalue weighted by molar-refractivity contribution is 5.71. The topological polar surface area (TPSA) is 0 Å². The molecule has 0 saturated heterocycles. The van der Waals surface area contributed by atoms with Crippen LogP contribution in [0.4, 0.5) is 4.39 Å². The molecule has 0 nitrogen and oxygen atoms in total. The molecule has 1 heteroatoms. The van der Waals surface area contributed by atoms with Gasteiger partial charge in [0.2, 0.25) is 0 Å². The van der Waals surface area contributed by atoms with Crippen molar-refractivity contribution in [1.82, 2.24) is 0 Å². The van der Waals surface area contributed by atoms with Gasteiger partial charge in [-0.15, -0.1) is 0 Å². The van der Waals surface area contributed by atoms with Crippen molar-refractivity contribution in [1.29, 1.82) is 0 Å². The monoisotopic (exact) mass is 372 g/mol. The first-order chi connectivity index (χ1) is 13.7. The molecule has 1 aliphatic rings. The lowest BCUT2D eigenvalue weighted by molar-refractivity contribution is 0.443. The standard InChI is InChI=1S/C27H29F/c1-2-6-20-9-11-24(12-10-20)26-18-17-25(19-27(26)28)23-15-13-22(14-16-23)21-7-4-3-5-8-21/h9-19,21H,2-8H2,1H3. The summed E-state index contributed by atoms with van der Waals surface area (Å²) in [5, 5.41) is 0. The van der Waals surface area contributed by atoms with E-state index in [9.17, 15) is 4.39 Å². The zero-order valence-electron chi connectivity index (χ0n) is 16.8. The quantitative estimate of drug-likeness (QED) is 0.424. The summed E-state index contributed by atoms with van der Waals surface area (Å²) in [7, 11) is 0. The van der Waals surface area contributed by atoms with Gasteiger partial charge in [-0.3, -0.25) is 0 Å². The predicted molar refractivity (Wildman–Crippen MR) is 117 cm³/mol. The fourth-order valence-electron chi connectivity index (χ4n) is 4.45. The maximum atomic E-state index is 14.8. The molecule has 0 atom stereocenters. The van der Waals surface area contributed by atoms with Gasteiger partial charge < -0.3 is 0 Å². The second-order valence-electron chi connectivity index (χ2n) is 8.10. The maximum Gasteiger partial charge on any atom is 0.131 e. The lowest BCUT2D eigenvalue weighted by Gasteiger charge is -2.22. The van der Waals surface area contributed by atoms with Gasteiger partial charge in [0.1, 0.15) is 5.82 Å². The van der Waals surface area contributed by atoms with Gasteiger partial charge in [-0.2, -0.15) is 0 Å². The van der Waals surface area contributed by atoms with Crippen LogP contribution in [0.3, 0.4) is 0 Å². The molecule has 1 fully saturated rings. The molecular formula is C27H29F. The van der Waals surface area contributed by atoms with Crippen LogP contribution in [0.25, 0.3) is 22.3 Å². The number of rotatable bonds is 5. The molecule has 0 amide bonds. The van der Waals surface area contributed by atoms with Gasteiger partial charge in [0.05, 0.1) is 0 Å². The van der Waals surface area contributed by atoms with Crippen LogP contribution in [0.1, 0.15) is 62.5 Å². The van der Waals surface area contributed by atoms with E-state index >= 15 is 0 Å². The molecule has 0 heterocycles. The Labute approximate surface area is 168 Å². The highest BCUT2D eigenvalue weighted by atomic mass is 19.1. The molecule has 28 heavy (non-hydrogen) atoms. The Morgan fingerprint density at radius 2 is 1.39 bits per heavy atom. The lowest BCUT2D eigenvalue weighted by Crippen LogP contribution is -2.04. The fourth-order valence-corrected chi connectivity index (χ4v) is 4.45. The summed E-state index contributed by atoms with van der Waals surface area (Å²) in [4.78, 5) is 0. The highest BCUT2D eigenvalue weighted by Gasteiger charge is 2.15. The number of benzene rings is 3. The third kappa shape index (κ3) is 4.19. The summed E-state index contributed by atoms with van der Waals surface area (Å²) in [5.41, 5.74) is 6.39. The fraction of sp³-hybridized carbons (Fsp3) is 0.333. The number of aryl methyl sites for hydroxylation is 1. The minimum atomic E-state index is -0.155. The molecule has 0 aromatic heterocycles. The van der Waals surface area contributed by atoms with E-state index in [-0.39, 0.29) is 5.82 Å². The largest absolute Gasteiger partial charge is 0.206 e. The van der Waals surface area contributed by atoms with Crippen molar-refractivity contribution in [3.05, 3.63) is 83.7 Å². The van der Waals surface area contributed by atoms with Crippen molar-refractivity contribution in [3.8, 4) is 22.3 Å². The Balaban J connectivity index is 1.53. The zero-order chi connectivity index (χ0) is 19.3. The average molecular weight is 373 g/mol. The minimum Gasteiger partial charge on any atom is -0.206 e. The van der Waals surface area contributed by atoms with Crippen LogP contribution in [-0.2, 0) is 6.42 Å². The van der Waals surface area contributed by atoms with Gasteiger partial charge in [-0.05, 0) is 59.1 Å². The Bertz CT molecular complexity index is 900. The zero-order valence-corrected chi connectivity index (χ0v) is 16.8. The Kier molecular flexibility index (Phi) is 5.90. The average Bonchev–Trinajstić information content (AvgIpc) is 2.75. The van der Waals surface area contributed by atoms with Crippen LogP contribution >= 0.6 is 0 Å². The van der Waals surface area contributed by atoms with Gasteiger partial charge >= 0.3 is 0 Å². The normalized spacial score (nSPS) is 14.9. The third-order valence-corrected chi connectivity index (χ3v) is 6.09. The first-order valence-electron chi connectivity index (χ1n) is 10.7. The van der Waals surface area contributed by atoms with Gasteiger partial charge in [-0.25, -0.2) is 4.39 Å². The molecule has 0 spiro atoms. The van der Waals surface area contributed by atoms with Gasteiger partial charge in [0.15, 0.2) is 0 Å². The summed E-state index contributed by atoms with van der Waals surface area (Å²) >= 11 is 0. The summed E-state index contributed by atoms with van der Waals surface area (Å²) in [6.07, 6.45) is 8.87.